The largest absolute Gasteiger partial charge is 0.392 e. The molecule has 286 valence electrons. The maximum Gasteiger partial charge on any atom is 0.261 e. The van der Waals surface area contributed by atoms with E-state index in [0.717, 1.165) is 43.6 Å². The predicted molar refractivity (Wildman–Crippen MR) is 192 cm³/mol. The lowest BCUT2D eigenvalue weighted by Crippen LogP contribution is -2.40. The lowest BCUT2D eigenvalue weighted by molar-refractivity contribution is -0.253. The van der Waals surface area contributed by atoms with Crippen LogP contribution in [0, 0.1) is 29.1 Å². The molecule has 0 aliphatic carbocycles. The van der Waals surface area contributed by atoms with Crippen LogP contribution in [0.5, 0.6) is 0 Å². The molecule has 3 aromatic carbocycles. The molecule has 3 atom stereocenters. The van der Waals surface area contributed by atoms with Gasteiger partial charge in [0.2, 0.25) is 5.82 Å². The van der Waals surface area contributed by atoms with Crippen LogP contribution < -0.4 is 5.32 Å². The number of hydrogen-bond acceptors (Lipinski definition) is 5. The first kappa shape index (κ1) is 41.4. The molecular weight excluding hydrogens is 679 g/mol. The number of carbonyl (C=O) groups excluding carboxylic acids is 1. The van der Waals surface area contributed by atoms with Crippen molar-refractivity contribution >= 4 is 11.6 Å². The monoisotopic (exact) mass is 732 g/mol. The molecule has 0 saturated carbocycles. The summed E-state index contributed by atoms with van der Waals surface area (Å²) in [6.07, 6.45) is 13.9. The van der Waals surface area contributed by atoms with Gasteiger partial charge in [-0.15, -0.1) is 0 Å². The lowest BCUT2D eigenvalue weighted by atomic mass is 9.99. The zero-order valence-electron chi connectivity index (χ0n) is 30.4. The van der Waals surface area contributed by atoms with E-state index < -0.39 is 46.8 Å². The van der Waals surface area contributed by atoms with Gasteiger partial charge in [-0.25, -0.2) is 22.0 Å². The molecule has 0 bridgehead atoms. The van der Waals surface area contributed by atoms with E-state index in [1.165, 1.54) is 76.3 Å². The van der Waals surface area contributed by atoms with E-state index in [-0.39, 0.29) is 24.5 Å². The van der Waals surface area contributed by atoms with Crippen LogP contribution in [-0.2, 0) is 16.1 Å². The van der Waals surface area contributed by atoms with Gasteiger partial charge in [-0.3, -0.25) is 4.79 Å². The van der Waals surface area contributed by atoms with Gasteiger partial charge < -0.3 is 24.8 Å². The summed E-state index contributed by atoms with van der Waals surface area (Å²) in [7, 11) is 0. The van der Waals surface area contributed by atoms with Crippen LogP contribution in [0.3, 0.4) is 0 Å². The maximum absolute atomic E-state index is 14.2. The van der Waals surface area contributed by atoms with Crippen molar-refractivity contribution in [2.24, 2.45) is 0 Å². The van der Waals surface area contributed by atoms with Crippen molar-refractivity contribution in [3.05, 3.63) is 99.9 Å². The Balaban J connectivity index is 1.49. The molecule has 0 aromatic heterocycles. The molecule has 1 fully saturated rings. The number of aliphatic hydroxyl groups excluding tert-OH is 1. The van der Waals surface area contributed by atoms with E-state index in [1.54, 1.807) is 12.1 Å². The van der Waals surface area contributed by atoms with Crippen molar-refractivity contribution in [2.45, 2.75) is 122 Å². The Labute approximate surface area is 304 Å². The number of anilines is 1. The Morgan fingerprint density at radius 2 is 1.19 bits per heavy atom. The third kappa shape index (κ3) is 11.8. The van der Waals surface area contributed by atoms with Gasteiger partial charge in [0.15, 0.2) is 29.6 Å². The van der Waals surface area contributed by atoms with Crippen molar-refractivity contribution in [3.63, 3.8) is 0 Å². The van der Waals surface area contributed by atoms with Crippen molar-refractivity contribution in [3.8, 4) is 0 Å². The van der Waals surface area contributed by atoms with Crippen LogP contribution in [0.1, 0.15) is 137 Å². The standard InChI is InChI=1S/C41H53F5N2O4/c1-3-5-7-9-11-13-23-48(24-14-12-10-8-6-4-2)26-32-25-33(29-17-15-28(27-49)16-18-29)52-41(51-32)30-19-21-31(22-20-30)47-40(50)34-35(42)37(44)39(46)38(45)36(34)43/h15-22,32-33,41,49H,3-14,23-27H2,1-2H3,(H,47,50)/t32-,33+,41+/m1/s1. The summed E-state index contributed by atoms with van der Waals surface area (Å²) in [6.45, 7) is 7.07. The Kier molecular flexibility index (Phi) is 17.0. The Bertz CT molecular complexity index is 1490. The number of halogens is 5. The molecule has 1 aliphatic heterocycles. The fraction of sp³-hybridized carbons (Fsp3) is 0.537. The van der Waals surface area contributed by atoms with Crippen LogP contribution >= 0.6 is 0 Å². The summed E-state index contributed by atoms with van der Waals surface area (Å²) in [5.74, 6) is -12.6. The van der Waals surface area contributed by atoms with Gasteiger partial charge in [0, 0.05) is 24.2 Å². The number of unbranched alkanes of at least 4 members (excludes halogenated alkanes) is 10. The molecule has 1 saturated heterocycles. The van der Waals surface area contributed by atoms with Gasteiger partial charge in [0.25, 0.3) is 5.91 Å². The van der Waals surface area contributed by atoms with Gasteiger partial charge in [-0.1, -0.05) is 114 Å². The molecule has 1 heterocycles. The number of aliphatic hydroxyl groups is 1. The zero-order valence-corrected chi connectivity index (χ0v) is 30.4. The van der Waals surface area contributed by atoms with Crippen LogP contribution in [0.25, 0.3) is 0 Å². The molecule has 1 amide bonds. The predicted octanol–water partition coefficient (Wildman–Crippen LogP) is 10.7. The molecule has 4 rings (SSSR count). The molecule has 2 N–H and O–H groups in total. The van der Waals surface area contributed by atoms with Crippen molar-refractivity contribution in [1.29, 1.82) is 0 Å². The Morgan fingerprint density at radius 3 is 1.73 bits per heavy atom. The third-order valence-electron chi connectivity index (χ3n) is 9.61. The minimum absolute atomic E-state index is 0.0702. The minimum atomic E-state index is -2.34. The molecule has 0 unspecified atom stereocenters. The molecule has 11 heteroatoms. The van der Waals surface area contributed by atoms with E-state index in [1.807, 2.05) is 24.3 Å². The smallest absolute Gasteiger partial charge is 0.261 e. The van der Waals surface area contributed by atoms with Crippen molar-refractivity contribution in [1.82, 2.24) is 4.90 Å². The van der Waals surface area contributed by atoms with E-state index in [0.29, 0.717) is 12.0 Å². The van der Waals surface area contributed by atoms with Gasteiger partial charge in [0.1, 0.15) is 5.56 Å². The van der Waals surface area contributed by atoms with Crippen LogP contribution in [-0.4, -0.2) is 41.7 Å². The SMILES string of the molecule is CCCCCCCCN(CCCCCCCC)C[C@H]1C[C@@H](c2ccc(CO)cc2)O[C@@H](c2ccc(NC(=O)c3c(F)c(F)c(F)c(F)c3F)cc2)O1. The number of rotatable bonds is 21. The lowest BCUT2D eigenvalue weighted by Gasteiger charge is -2.38. The molecule has 3 aromatic rings. The van der Waals surface area contributed by atoms with Crippen LogP contribution in [0.2, 0.25) is 0 Å². The normalized spacial score (nSPS) is 17.5. The number of carbonyl (C=O) groups is 1. The Hall–Kier alpha value is -3.38. The third-order valence-corrected chi connectivity index (χ3v) is 9.61. The fourth-order valence-electron chi connectivity index (χ4n) is 6.57. The topological polar surface area (TPSA) is 71.0 Å². The molecule has 6 nitrogen and oxygen atoms in total. The van der Waals surface area contributed by atoms with Crippen molar-refractivity contribution < 1.29 is 41.3 Å². The molecule has 52 heavy (non-hydrogen) atoms. The summed E-state index contributed by atoms with van der Waals surface area (Å²) in [4.78, 5) is 15.1. The average molecular weight is 733 g/mol. The van der Waals surface area contributed by atoms with Crippen molar-refractivity contribution in [2.75, 3.05) is 25.0 Å². The summed E-state index contributed by atoms with van der Waals surface area (Å²) in [5.41, 5.74) is 0.861. The van der Waals surface area contributed by atoms with E-state index in [4.69, 9.17) is 9.47 Å². The molecular formula is C41H53F5N2O4. The second-order valence-electron chi connectivity index (χ2n) is 13.7. The highest BCUT2D eigenvalue weighted by molar-refractivity contribution is 6.04. The molecule has 0 radical (unpaired) electrons. The van der Waals surface area contributed by atoms with Gasteiger partial charge in [-0.05, 0) is 49.2 Å². The first-order chi connectivity index (χ1) is 25.2. The quantitative estimate of drug-likeness (QED) is 0.0494. The van der Waals surface area contributed by atoms with Crippen LogP contribution in [0.4, 0.5) is 27.6 Å². The molecule has 1 aliphatic rings. The first-order valence-corrected chi connectivity index (χ1v) is 18.8. The average Bonchev–Trinajstić information content (AvgIpc) is 3.16. The van der Waals surface area contributed by atoms with Gasteiger partial charge in [-0.2, -0.15) is 0 Å². The highest BCUT2D eigenvalue weighted by atomic mass is 19.2. The number of nitrogens with zero attached hydrogens (tertiary/aromatic N) is 1. The summed E-state index contributed by atoms with van der Waals surface area (Å²) in [6, 6.07) is 13.8. The fourth-order valence-corrected chi connectivity index (χ4v) is 6.57. The summed E-state index contributed by atoms with van der Waals surface area (Å²) in [5, 5.41) is 11.8. The maximum atomic E-state index is 14.2. The number of ether oxygens (including phenoxy) is 2. The first-order valence-electron chi connectivity index (χ1n) is 18.8. The zero-order chi connectivity index (χ0) is 37.5. The summed E-state index contributed by atoms with van der Waals surface area (Å²) < 4.78 is 82.4. The second-order valence-corrected chi connectivity index (χ2v) is 13.7. The number of hydrogen-bond donors (Lipinski definition) is 2. The highest BCUT2D eigenvalue weighted by Gasteiger charge is 2.34. The van der Waals surface area contributed by atoms with Crippen LogP contribution in [0.15, 0.2) is 48.5 Å². The van der Waals surface area contributed by atoms with Gasteiger partial charge in [0.05, 0.1) is 18.8 Å². The number of nitrogens with one attached hydrogen (secondary N) is 1. The van der Waals surface area contributed by atoms with Gasteiger partial charge >= 0.3 is 0 Å². The second kappa shape index (κ2) is 21.4. The Morgan fingerprint density at radius 1 is 0.692 bits per heavy atom. The van der Waals surface area contributed by atoms with E-state index in [9.17, 15) is 31.9 Å². The van der Waals surface area contributed by atoms with E-state index in [2.05, 4.69) is 24.1 Å². The highest BCUT2D eigenvalue weighted by Crippen LogP contribution is 2.38. The molecule has 0 spiro atoms. The van der Waals surface area contributed by atoms with E-state index >= 15 is 0 Å². The number of benzene rings is 3. The number of amides is 1. The summed E-state index contributed by atoms with van der Waals surface area (Å²) >= 11 is 0. The minimum Gasteiger partial charge on any atom is -0.392 e.